The Bertz CT molecular complexity index is 279. The molecule has 0 unspecified atom stereocenters. The Kier molecular flexibility index (Phi) is 4.32. The predicted octanol–water partition coefficient (Wildman–Crippen LogP) is 2.05. The lowest BCUT2D eigenvalue weighted by molar-refractivity contribution is 0.145. The fourth-order valence-corrected chi connectivity index (χ4v) is 1.11. The summed E-state index contributed by atoms with van der Waals surface area (Å²) in [5.74, 6) is 0.737. The summed E-state index contributed by atoms with van der Waals surface area (Å²) < 4.78 is 28.6. The molecule has 1 N–H and O–H groups in total. The highest BCUT2D eigenvalue weighted by atomic mass is 19.3. The highest BCUT2D eigenvalue weighted by Gasteiger charge is 2.01. The highest BCUT2D eigenvalue weighted by molar-refractivity contribution is 5.28. The molecule has 1 aromatic rings. The molecule has 0 heterocycles. The van der Waals surface area contributed by atoms with E-state index < -0.39 is 6.43 Å². The van der Waals surface area contributed by atoms with Gasteiger partial charge in [0.25, 0.3) is 6.43 Å². The first-order valence-corrected chi connectivity index (χ1v) is 4.34. The van der Waals surface area contributed by atoms with Gasteiger partial charge in [0.2, 0.25) is 0 Å². The van der Waals surface area contributed by atoms with Crippen molar-refractivity contribution in [1.82, 2.24) is 5.32 Å². The fourth-order valence-electron chi connectivity index (χ4n) is 1.11. The lowest BCUT2D eigenvalue weighted by atomic mass is 10.2. The maximum absolute atomic E-state index is 11.8. The zero-order valence-electron chi connectivity index (χ0n) is 7.97. The molecule has 0 aliphatic rings. The monoisotopic (exact) mass is 201 g/mol. The third-order valence-electron chi connectivity index (χ3n) is 1.76. The Morgan fingerprint density at radius 2 is 2.21 bits per heavy atom. The van der Waals surface area contributed by atoms with E-state index in [0.29, 0.717) is 6.54 Å². The highest BCUT2D eigenvalue weighted by Crippen LogP contribution is 2.12. The average Bonchev–Trinajstić information content (AvgIpc) is 2.18. The first kappa shape index (κ1) is 10.9. The number of methoxy groups -OCH3 is 1. The normalized spacial score (nSPS) is 10.6. The number of hydrogen-bond donors (Lipinski definition) is 1. The molecule has 78 valence electrons. The molecule has 0 aromatic heterocycles. The van der Waals surface area contributed by atoms with Crippen molar-refractivity contribution in [2.75, 3.05) is 13.7 Å². The Morgan fingerprint density at radius 1 is 1.43 bits per heavy atom. The van der Waals surface area contributed by atoms with Gasteiger partial charge in [0, 0.05) is 6.54 Å². The van der Waals surface area contributed by atoms with Gasteiger partial charge in [0.15, 0.2) is 0 Å². The maximum atomic E-state index is 11.8. The van der Waals surface area contributed by atoms with Crippen molar-refractivity contribution in [2.45, 2.75) is 13.0 Å². The van der Waals surface area contributed by atoms with Gasteiger partial charge in [0.1, 0.15) is 5.75 Å². The number of benzene rings is 1. The van der Waals surface area contributed by atoms with Crippen molar-refractivity contribution in [1.29, 1.82) is 0 Å². The molecule has 2 nitrogen and oxygen atoms in total. The smallest absolute Gasteiger partial charge is 0.250 e. The van der Waals surface area contributed by atoms with Gasteiger partial charge < -0.3 is 10.1 Å². The SMILES string of the molecule is COc1cccc(CNCC(F)F)c1. The minimum absolute atomic E-state index is 0.281. The van der Waals surface area contributed by atoms with E-state index in [-0.39, 0.29) is 6.54 Å². The van der Waals surface area contributed by atoms with Gasteiger partial charge in [-0.2, -0.15) is 0 Å². The third-order valence-corrected chi connectivity index (χ3v) is 1.76. The van der Waals surface area contributed by atoms with E-state index in [4.69, 9.17) is 4.74 Å². The van der Waals surface area contributed by atoms with Crippen molar-refractivity contribution < 1.29 is 13.5 Å². The summed E-state index contributed by atoms with van der Waals surface area (Å²) >= 11 is 0. The van der Waals surface area contributed by atoms with Gasteiger partial charge in [-0.1, -0.05) is 12.1 Å². The molecular weight excluding hydrogens is 188 g/mol. The van der Waals surface area contributed by atoms with Crippen LogP contribution in [0.3, 0.4) is 0 Å². The zero-order chi connectivity index (χ0) is 10.4. The lowest BCUT2D eigenvalue weighted by Gasteiger charge is -2.05. The minimum atomic E-state index is -2.30. The summed E-state index contributed by atoms with van der Waals surface area (Å²) in [6.45, 7) is 0.152. The van der Waals surface area contributed by atoms with E-state index in [1.165, 1.54) is 0 Å². The first-order chi connectivity index (χ1) is 6.72. The third kappa shape index (κ3) is 3.70. The standard InChI is InChI=1S/C10H13F2NO/c1-14-9-4-2-3-8(5-9)6-13-7-10(11)12/h2-5,10,13H,6-7H2,1H3. The summed E-state index contributed by atoms with van der Waals surface area (Å²) in [6.07, 6.45) is -2.30. The van der Waals surface area contributed by atoms with Crippen LogP contribution < -0.4 is 10.1 Å². The second kappa shape index (κ2) is 5.54. The molecule has 0 bridgehead atoms. The van der Waals surface area contributed by atoms with E-state index in [1.54, 1.807) is 7.11 Å². The number of rotatable bonds is 5. The van der Waals surface area contributed by atoms with E-state index >= 15 is 0 Å². The second-order valence-electron chi connectivity index (χ2n) is 2.87. The van der Waals surface area contributed by atoms with Gasteiger partial charge in [0.05, 0.1) is 13.7 Å². The molecule has 0 aliphatic carbocycles. The molecule has 0 saturated carbocycles. The minimum Gasteiger partial charge on any atom is -0.497 e. The first-order valence-electron chi connectivity index (χ1n) is 4.34. The summed E-state index contributed by atoms with van der Waals surface area (Å²) in [5.41, 5.74) is 0.935. The summed E-state index contributed by atoms with van der Waals surface area (Å²) in [4.78, 5) is 0. The van der Waals surface area contributed by atoms with Crippen molar-refractivity contribution in [3.05, 3.63) is 29.8 Å². The number of halogens is 2. The molecular formula is C10H13F2NO. The number of ether oxygens (including phenoxy) is 1. The largest absolute Gasteiger partial charge is 0.497 e. The Hall–Kier alpha value is -1.16. The van der Waals surface area contributed by atoms with E-state index in [1.807, 2.05) is 24.3 Å². The molecule has 0 saturated heterocycles. The van der Waals surface area contributed by atoms with Gasteiger partial charge in [-0.3, -0.25) is 0 Å². The number of nitrogens with one attached hydrogen (secondary N) is 1. The van der Waals surface area contributed by atoms with Crippen molar-refractivity contribution in [3.63, 3.8) is 0 Å². The molecule has 4 heteroatoms. The van der Waals surface area contributed by atoms with Gasteiger partial charge in [-0.05, 0) is 17.7 Å². The zero-order valence-corrected chi connectivity index (χ0v) is 7.97. The summed E-state index contributed by atoms with van der Waals surface area (Å²) in [6, 6.07) is 7.33. The van der Waals surface area contributed by atoms with E-state index in [2.05, 4.69) is 5.32 Å². The topological polar surface area (TPSA) is 21.3 Å². The predicted molar refractivity (Wildman–Crippen MR) is 50.7 cm³/mol. The van der Waals surface area contributed by atoms with Gasteiger partial charge >= 0.3 is 0 Å². The van der Waals surface area contributed by atoms with Crippen LogP contribution >= 0.6 is 0 Å². The Labute approximate surface area is 81.9 Å². The Morgan fingerprint density at radius 3 is 2.86 bits per heavy atom. The maximum Gasteiger partial charge on any atom is 0.250 e. The van der Waals surface area contributed by atoms with E-state index in [9.17, 15) is 8.78 Å². The van der Waals surface area contributed by atoms with Crippen LogP contribution in [0, 0.1) is 0 Å². The van der Waals surface area contributed by atoms with Crippen LogP contribution in [0.5, 0.6) is 5.75 Å². The Balaban J connectivity index is 2.42. The molecule has 0 aliphatic heterocycles. The van der Waals surface area contributed by atoms with Gasteiger partial charge in [-0.15, -0.1) is 0 Å². The number of alkyl halides is 2. The molecule has 0 amide bonds. The van der Waals surface area contributed by atoms with Crippen LogP contribution in [0.1, 0.15) is 5.56 Å². The van der Waals surface area contributed by atoms with Crippen LogP contribution in [0.4, 0.5) is 8.78 Å². The molecule has 0 radical (unpaired) electrons. The van der Waals surface area contributed by atoms with Crippen molar-refractivity contribution >= 4 is 0 Å². The van der Waals surface area contributed by atoms with Gasteiger partial charge in [-0.25, -0.2) is 8.78 Å². The molecule has 1 rings (SSSR count). The quantitative estimate of drug-likeness (QED) is 0.787. The van der Waals surface area contributed by atoms with Crippen LogP contribution in [-0.2, 0) is 6.54 Å². The number of hydrogen-bond acceptors (Lipinski definition) is 2. The molecule has 14 heavy (non-hydrogen) atoms. The molecule has 0 spiro atoms. The molecule has 0 fully saturated rings. The van der Waals surface area contributed by atoms with Crippen LogP contribution in [0.25, 0.3) is 0 Å². The summed E-state index contributed by atoms with van der Waals surface area (Å²) in [5, 5.41) is 2.65. The average molecular weight is 201 g/mol. The van der Waals surface area contributed by atoms with Crippen LogP contribution in [-0.4, -0.2) is 20.1 Å². The molecule has 0 atom stereocenters. The summed E-state index contributed by atoms with van der Waals surface area (Å²) in [7, 11) is 1.58. The van der Waals surface area contributed by atoms with Crippen molar-refractivity contribution in [3.8, 4) is 5.75 Å². The second-order valence-corrected chi connectivity index (χ2v) is 2.87. The fraction of sp³-hybridized carbons (Fsp3) is 0.400. The lowest BCUT2D eigenvalue weighted by Crippen LogP contribution is -2.20. The molecule has 1 aromatic carbocycles. The van der Waals surface area contributed by atoms with Crippen LogP contribution in [0.2, 0.25) is 0 Å². The van der Waals surface area contributed by atoms with Crippen molar-refractivity contribution in [2.24, 2.45) is 0 Å². The van der Waals surface area contributed by atoms with Crippen LogP contribution in [0.15, 0.2) is 24.3 Å². The van der Waals surface area contributed by atoms with E-state index in [0.717, 1.165) is 11.3 Å².